The van der Waals surface area contributed by atoms with Gasteiger partial charge in [-0.25, -0.2) is 4.57 Å². The summed E-state index contributed by atoms with van der Waals surface area (Å²) in [5.74, 6) is -0.328. The van der Waals surface area contributed by atoms with E-state index in [1.807, 2.05) is 49.5 Å². The van der Waals surface area contributed by atoms with E-state index < -0.39 is 57.9 Å². The molecule has 0 aromatic heterocycles. The van der Waals surface area contributed by atoms with E-state index in [-0.39, 0.29) is 19.4 Å². The maximum Gasteiger partial charge on any atom is 0.472 e. The Balaban J connectivity index is 4.50. The molecule has 11 nitrogen and oxygen atoms in total. The van der Waals surface area contributed by atoms with Crippen LogP contribution in [0.15, 0.2) is 60.8 Å². The van der Waals surface area contributed by atoms with Gasteiger partial charge in [0.25, 0.3) is 0 Å². The number of hydrogen-bond donors (Lipinski definition) is 4. The minimum absolute atomic E-state index is 0.143. The molecule has 0 amide bonds. The van der Waals surface area contributed by atoms with Crippen LogP contribution >= 0.6 is 7.82 Å². The van der Waals surface area contributed by atoms with E-state index in [2.05, 4.69) is 30.5 Å². The molecule has 0 aliphatic rings. The molecule has 0 heterocycles. The molecule has 288 valence electrons. The van der Waals surface area contributed by atoms with Crippen LogP contribution in [-0.4, -0.2) is 76.9 Å². The zero-order valence-corrected chi connectivity index (χ0v) is 31.5. The van der Waals surface area contributed by atoms with Gasteiger partial charge in [-0.3, -0.25) is 18.6 Å². The van der Waals surface area contributed by atoms with E-state index in [1.165, 1.54) is 19.3 Å². The smallest absolute Gasteiger partial charge is 0.462 e. The molecule has 0 saturated heterocycles. The van der Waals surface area contributed by atoms with Crippen molar-refractivity contribution >= 4 is 19.8 Å². The number of rotatable bonds is 32. The van der Waals surface area contributed by atoms with Crippen LogP contribution < -0.4 is 0 Å². The van der Waals surface area contributed by atoms with Crippen molar-refractivity contribution in [3.63, 3.8) is 0 Å². The second-order valence-electron chi connectivity index (χ2n) is 12.5. The van der Waals surface area contributed by atoms with E-state index in [9.17, 15) is 29.3 Å². The summed E-state index contributed by atoms with van der Waals surface area (Å²) in [6.45, 7) is 4.23. The first-order valence-corrected chi connectivity index (χ1v) is 19.7. The molecule has 0 spiro atoms. The first-order chi connectivity index (χ1) is 24.0. The van der Waals surface area contributed by atoms with Gasteiger partial charge >= 0.3 is 19.8 Å². The SMILES string of the molecule is CC/C=C\C(O)C/C=C/C=C\C/C=C\C/C=C\CCCC(=O)OC[C@H](COP(=O)(O)OC[C@@H](O)CO)OC(=O)CCCCCCCCC(C)C. The van der Waals surface area contributed by atoms with Gasteiger partial charge in [0.1, 0.15) is 12.7 Å². The maximum atomic E-state index is 12.5. The van der Waals surface area contributed by atoms with Crippen LogP contribution in [0.4, 0.5) is 0 Å². The molecular formula is C38H65O11P. The highest BCUT2D eigenvalue weighted by atomic mass is 31.2. The lowest BCUT2D eigenvalue weighted by molar-refractivity contribution is -0.161. The average molecular weight is 729 g/mol. The molecule has 0 radical (unpaired) electrons. The van der Waals surface area contributed by atoms with Crippen LogP contribution in [0.25, 0.3) is 0 Å². The third-order valence-corrected chi connectivity index (χ3v) is 8.14. The fourth-order valence-corrected chi connectivity index (χ4v) is 5.14. The highest BCUT2D eigenvalue weighted by Crippen LogP contribution is 2.43. The molecule has 0 aromatic carbocycles. The Hall–Kier alpha value is -2.37. The van der Waals surface area contributed by atoms with Crippen molar-refractivity contribution in [2.45, 2.75) is 135 Å². The number of aliphatic hydroxyl groups is 3. The lowest BCUT2D eigenvalue weighted by atomic mass is 10.0. The van der Waals surface area contributed by atoms with Gasteiger partial charge in [-0.15, -0.1) is 0 Å². The summed E-state index contributed by atoms with van der Waals surface area (Å²) in [4.78, 5) is 34.7. The fourth-order valence-electron chi connectivity index (χ4n) is 4.35. The number of phosphoric acid groups is 1. The Morgan fingerprint density at radius 1 is 0.740 bits per heavy atom. The van der Waals surface area contributed by atoms with Crippen molar-refractivity contribution in [3.8, 4) is 0 Å². The molecule has 0 aliphatic heterocycles. The van der Waals surface area contributed by atoms with Crippen LogP contribution in [0.5, 0.6) is 0 Å². The van der Waals surface area contributed by atoms with E-state index >= 15 is 0 Å². The Kier molecular flexibility index (Phi) is 31.0. The predicted molar refractivity (Wildman–Crippen MR) is 197 cm³/mol. The molecule has 2 unspecified atom stereocenters. The third-order valence-electron chi connectivity index (χ3n) is 7.19. The molecule has 4 atom stereocenters. The van der Waals surface area contributed by atoms with Gasteiger partial charge in [0, 0.05) is 12.8 Å². The molecule has 50 heavy (non-hydrogen) atoms. The van der Waals surface area contributed by atoms with Gasteiger partial charge < -0.3 is 29.7 Å². The second-order valence-corrected chi connectivity index (χ2v) is 14.0. The molecule has 4 N–H and O–H groups in total. The number of phosphoric ester groups is 1. The summed E-state index contributed by atoms with van der Waals surface area (Å²) < 4.78 is 32.4. The van der Waals surface area contributed by atoms with Crippen molar-refractivity contribution in [2.75, 3.05) is 26.4 Å². The van der Waals surface area contributed by atoms with Crippen molar-refractivity contribution in [1.82, 2.24) is 0 Å². The van der Waals surface area contributed by atoms with Gasteiger partial charge in [-0.05, 0) is 50.9 Å². The second kappa shape index (κ2) is 32.5. The first-order valence-electron chi connectivity index (χ1n) is 18.2. The number of hydrogen-bond acceptors (Lipinski definition) is 10. The number of aliphatic hydroxyl groups excluding tert-OH is 3. The quantitative estimate of drug-likeness (QED) is 0.0177. The third kappa shape index (κ3) is 32.8. The molecule has 0 fully saturated rings. The van der Waals surface area contributed by atoms with Crippen LogP contribution in [0.3, 0.4) is 0 Å². The van der Waals surface area contributed by atoms with Crippen molar-refractivity contribution in [1.29, 1.82) is 0 Å². The number of allylic oxidation sites excluding steroid dienone is 8. The summed E-state index contributed by atoms with van der Waals surface area (Å²) >= 11 is 0. The Labute approximate surface area is 300 Å². The summed E-state index contributed by atoms with van der Waals surface area (Å²) in [7, 11) is -4.63. The normalized spacial score (nSPS) is 15.5. The maximum absolute atomic E-state index is 12.5. The van der Waals surface area contributed by atoms with E-state index in [1.54, 1.807) is 6.08 Å². The summed E-state index contributed by atoms with van der Waals surface area (Å²) in [6, 6.07) is 0. The van der Waals surface area contributed by atoms with Crippen LogP contribution in [-0.2, 0) is 32.7 Å². The first kappa shape index (κ1) is 47.6. The Morgan fingerprint density at radius 2 is 1.36 bits per heavy atom. The standard InChI is InChI=1S/C38H65O11P/c1-4-5-25-34(40)26-21-17-12-10-8-6-7-9-11-13-18-22-27-37(42)46-31-36(32-48-50(44,45)47-30-35(41)29-39)49-38(43)28-23-19-15-14-16-20-24-33(2)3/h5-7,10-13,17,21,25,33-36,39-41H,4,8-9,14-16,18-20,22-24,26-32H2,1-3H3,(H,44,45)/b7-6-,12-10-,13-11-,21-17+,25-5-/t34?,35-,36+/m0/s1. The Bertz CT molecular complexity index is 1050. The molecular weight excluding hydrogens is 663 g/mol. The van der Waals surface area contributed by atoms with Gasteiger partial charge in [0.05, 0.1) is 25.9 Å². The zero-order valence-electron chi connectivity index (χ0n) is 30.6. The molecule has 0 bridgehead atoms. The number of carbonyl (C=O) groups excluding carboxylic acids is 2. The summed E-state index contributed by atoms with van der Waals surface area (Å²) in [5.41, 5.74) is 0. The van der Waals surface area contributed by atoms with Crippen LogP contribution in [0, 0.1) is 5.92 Å². The summed E-state index contributed by atoms with van der Waals surface area (Å²) in [6.07, 6.45) is 28.7. The van der Waals surface area contributed by atoms with Crippen molar-refractivity contribution in [3.05, 3.63) is 60.8 Å². The molecule has 0 aliphatic carbocycles. The highest BCUT2D eigenvalue weighted by Gasteiger charge is 2.27. The molecule has 12 heteroatoms. The van der Waals surface area contributed by atoms with E-state index in [0.29, 0.717) is 31.6 Å². The number of unbranched alkanes of at least 4 members (excludes halogenated alkanes) is 6. The van der Waals surface area contributed by atoms with Crippen LogP contribution in [0.1, 0.15) is 117 Å². The lowest BCUT2D eigenvalue weighted by Gasteiger charge is -2.20. The topological polar surface area (TPSA) is 169 Å². The number of esters is 2. The fraction of sp³-hybridized carbons (Fsp3) is 0.684. The largest absolute Gasteiger partial charge is 0.472 e. The monoisotopic (exact) mass is 728 g/mol. The van der Waals surface area contributed by atoms with Gasteiger partial charge in [0.15, 0.2) is 6.10 Å². The van der Waals surface area contributed by atoms with Crippen LogP contribution in [0.2, 0.25) is 0 Å². The van der Waals surface area contributed by atoms with Gasteiger partial charge in [-0.1, -0.05) is 120 Å². The lowest BCUT2D eigenvalue weighted by Crippen LogP contribution is -2.29. The predicted octanol–water partition coefficient (Wildman–Crippen LogP) is 7.60. The van der Waals surface area contributed by atoms with Crippen molar-refractivity contribution in [2.24, 2.45) is 5.92 Å². The Morgan fingerprint density at radius 3 is 2.06 bits per heavy atom. The van der Waals surface area contributed by atoms with E-state index in [0.717, 1.165) is 38.5 Å². The number of carbonyl (C=O) groups is 2. The molecule has 0 rings (SSSR count). The molecule has 0 saturated carbocycles. The van der Waals surface area contributed by atoms with Gasteiger partial charge in [-0.2, -0.15) is 0 Å². The highest BCUT2D eigenvalue weighted by molar-refractivity contribution is 7.47. The summed E-state index contributed by atoms with van der Waals surface area (Å²) in [5, 5.41) is 28.0. The molecule has 0 aromatic rings. The average Bonchev–Trinajstić information content (AvgIpc) is 3.08. The number of ether oxygens (including phenoxy) is 2. The van der Waals surface area contributed by atoms with Crippen molar-refractivity contribution < 1.29 is 52.9 Å². The minimum Gasteiger partial charge on any atom is -0.462 e. The minimum atomic E-state index is -4.63. The van der Waals surface area contributed by atoms with Gasteiger partial charge in [0.2, 0.25) is 0 Å². The zero-order chi connectivity index (χ0) is 37.3. The van der Waals surface area contributed by atoms with E-state index in [4.69, 9.17) is 19.1 Å².